The van der Waals surface area contributed by atoms with Crippen LogP contribution in [-0.2, 0) is 4.79 Å². The maximum atomic E-state index is 12.0. The van der Waals surface area contributed by atoms with Crippen LogP contribution < -0.4 is 10.1 Å². The lowest BCUT2D eigenvalue weighted by molar-refractivity contribution is -0.118. The fourth-order valence-corrected chi connectivity index (χ4v) is 1.76. The maximum absolute atomic E-state index is 12.0. The lowest BCUT2D eigenvalue weighted by atomic mass is 10.1. The first kappa shape index (κ1) is 10.5. The van der Waals surface area contributed by atoms with Gasteiger partial charge in [0.15, 0.2) is 6.61 Å². The van der Waals surface area contributed by atoms with E-state index < -0.39 is 0 Å². The Hall–Kier alpha value is -2.63. The van der Waals surface area contributed by atoms with Crippen molar-refractivity contribution in [2.24, 2.45) is 0 Å². The van der Waals surface area contributed by atoms with Gasteiger partial charge in [0.25, 0.3) is 5.91 Å². The van der Waals surface area contributed by atoms with E-state index in [0.717, 1.165) is 0 Å². The Morgan fingerprint density at radius 3 is 3.00 bits per heavy atom. The number of hydrogen-bond acceptors (Lipinski definition) is 4. The highest BCUT2D eigenvalue weighted by atomic mass is 16.5. The van der Waals surface area contributed by atoms with Crippen LogP contribution in [0.1, 0.15) is 16.1 Å². The molecule has 2 aromatic rings. The summed E-state index contributed by atoms with van der Waals surface area (Å²) in [4.78, 5) is 23.2. The smallest absolute Gasteiger partial charge is 0.262 e. The summed E-state index contributed by atoms with van der Waals surface area (Å²) in [5.74, 6) is 0.152. The van der Waals surface area contributed by atoms with Crippen LogP contribution in [0.25, 0.3) is 0 Å². The summed E-state index contributed by atoms with van der Waals surface area (Å²) in [6.07, 6.45) is 1.51. The van der Waals surface area contributed by atoms with Gasteiger partial charge in [-0.25, -0.2) is 0 Å². The summed E-state index contributed by atoms with van der Waals surface area (Å²) in [7, 11) is 0. The summed E-state index contributed by atoms with van der Waals surface area (Å²) in [6, 6.07) is 6.50. The van der Waals surface area contributed by atoms with Crippen LogP contribution in [0.5, 0.6) is 5.75 Å². The molecule has 0 saturated carbocycles. The lowest BCUT2D eigenvalue weighted by Gasteiger charge is -2.18. The van der Waals surface area contributed by atoms with E-state index in [9.17, 15) is 9.59 Å². The molecule has 0 aliphatic carbocycles. The minimum Gasteiger partial charge on any atom is -0.482 e. The van der Waals surface area contributed by atoms with Gasteiger partial charge in [0.1, 0.15) is 11.4 Å². The number of carbonyl (C=O) groups excluding carboxylic acids is 2. The molecule has 0 atom stereocenters. The van der Waals surface area contributed by atoms with Gasteiger partial charge in [-0.15, -0.1) is 0 Å². The van der Waals surface area contributed by atoms with Crippen LogP contribution >= 0.6 is 0 Å². The molecule has 18 heavy (non-hydrogen) atoms. The molecule has 0 bridgehead atoms. The minimum absolute atomic E-state index is 0.000835. The number of rotatable bonds is 2. The maximum Gasteiger partial charge on any atom is 0.262 e. The SMILES string of the molecule is O=C1COc2ccc(C(=O)c3ccn[nH]3)cc2N1. The fourth-order valence-electron chi connectivity index (χ4n) is 1.76. The number of nitrogens with zero attached hydrogens (tertiary/aromatic N) is 1. The van der Waals surface area contributed by atoms with Crippen molar-refractivity contribution in [3.8, 4) is 5.75 Å². The number of benzene rings is 1. The number of H-pyrrole nitrogens is 1. The fraction of sp³-hybridized carbons (Fsp3) is 0.0833. The number of aromatic nitrogens is 2. The predicted molar refractivity (Wildman–Crippen MR) is 62.6 cm³/mol. The van der Waals surface area contributed by atoms with Gasteiger partial charge in [0, 0.05) is 11.8 Å². The molecule has 2 N–H and O–H groups in total. The first-order valence-electron chi connectivity index (χ1n) is 5.35. The van der Waals surface area contributed by atoms with Crippen LogP contribution in [0.4, 0.5) is 5.69 Å². The van der Waals surface area contributed by atoms with E-state index in [1.54, 1.807) is 24.3 Å². The van der Waals surface area contributed by atoms with Gasteiger partial charge in [-0.1, -0.05) is 0 Å². The van der Waals surface area contributed by atoms with E-state index >= 15 is 0 Å². The zero-order chi connectivity index (χ0) is 12.5. The van der Waals surface area contributed by atoms with E-state index in [0.29, 0.717) is 22.7 Å². The topological polar surface area (TPSA) is 84.1 Å². The molecule has 6 nitrogen and oxygen atoms in total. The normalized spacial score (nSPS) is 13.4. The number of amides is 1. The molecule has 6 heteroatoms. The van der Waals surface area contributed by atoms with Gasteiger partial charge in [0.05, 0.1) is 5.69 Å². The Bertz CT molecular complexity index is 620. The Labute approximate surface area is 102 Å². The first-order valence-corrected chi connectivity index (χ1v) is 5.35. The van der Waals surface area contributed by atoms with Crippen molar-refractivity contribution >= 4 is 17.4 Å². The number of nitrogens with one attached hydrogen (secondary N) is 2. The standard InChI is InChI=1S/C12H9N3O3/c16-11-6-18-10-2-1-7(5-9(10)14-11)12(17)8-3-4-13-15-8/h1-5H,6H2,(H,13,15)(H,14,16). The zero-order valence-electron chi connectivity index (χ0n) is 9.27. The third-order valence-electron chi connectivity index (χ3n) is 2.62. The monoisotopic (exact) mass is 243 g/mol. The van der Waals surface area contributed by atoms with E-state index in [1.807, 2.05) is 0 Å². The molecule has 1 amide bonds. The summed E-state index contributed by atoms with van der Waals surface area (Å²) in [5, 5.41) is 8.99. The van der Waals surface area contributed by atoms with Gasteiger partial charge in [0.2, 0.25) is 5.78 Å². The number of fused-ring (bicyclic) bond motifs is 1. The Morgan fingerprint density at radius 2 is 2.22 bits per heavy atom. The van der Waals surface area contributed by atoms with Crippen LogP contribution in [-0.4, -0.2) is 28.5 Å². The van der Waals surface area contributed by atoms with E-state index in [1.165, 1.54) is 6.20 Å². The van der Waals surface area contributed by atoms with E-state index in [4.69, 9.17) is 4.74 Å². The molecule has 0 saturated heterocycles. The number of hydrogen-bond donors (Lipinski definition) is 2. The van der Waals surface area contributed by atoms with Gasteiger partial charge in [-0.2, -0.15) is 5.10 Å². The van der Waals surface area contributed by atoms with Crippen molar-refractivity contribution in [3.05, 3.63) is 41.7 Å². The summed E-state index contributed by atoms with van der Waals surface area (Å²) < 4.78 is 5.22. The highest BCUT2D eigenvalue weighted by molar-refractivity contribution is 6.09. The Kier molecular flexibility index (Phi) is 2.33. The number of anilines is 1. The molecule has 1 aliphatic heterocycles. The molecule has 0 fully saturated rings. The van der Waals surface area contributed by atoms with Gasteiger partial charge in [-0.3, -0.25) is 14.7 Å². The molecule has 1 aromatic heterocycles. The molecular formula is C12H9N3O3. The molecule has 0 spiro atoms. The van der Waals surface area contributed by atoms with Crippen molar-refractivity contribution in [2.75, 3.05) is 11.9 Å². The molecule has 1 aromatic carbocycles. The highest BCUT2D eigenvalue weighted by Gasteiger charge is 2.18. The largest absolute Gasteiger partial charge is 0.482 e. The van der Waals surface area contributed by atoms with Crippen molar-refractivity contribution in [3.63, 3.8) is 0 Å². The van der Waals surface area contributed by atoms with Crippen LogP contribution in [0.15, 0.2) is 30.5 Å². The van der Waals surface area contributed by atoms with Crippen LogP contribution in [0, 0.1) is 0 Å². The highest BCUT2D eigenvalue weighted by Crippen LogP contribution is 2.29. The lowest BCUT2D eigenvalue weighted by Crippen LogP contribution is -2.25. The molecule has 3 rings (SSSR count). The van der Waals surface area contributed by atoms with Crippen molar-refractivity contribution in [1.29, 1.82) is 0 Å². The third-order valence-corrected chi connectivity index (χ3v) is 2.62. The second-order valence-corrected chi connectivity index (χ2v) is 3.85. The Balaban J connectivity index is 1.97. The summed E-state index contributed by atoms with van der Waals surface area (Å²) in [6.45, 7) is 0.000835. The van der Waals surface area contributed by atoms with Crippen molar-refractivity contribution < 1.29 is 14.3 Å². The average Bonchev–Trinajstić information content (AvgIpc) is 2.90. The molecule has 0 unspecified atom stereocenters. The van der Waals surface area contributed by atoms with Crippen LogP contribution in [0.3, 0.4) is 0 Å². The van der Waals surface area contributed by atoms with Crippen molar-refractivity contribution in [2.45, 2.75) is 0 Å². The number of ketones is 1. The third kappa shape index (κ3) is 1.73. The second kappa shape index (κ2) is 3.99. The number of carbonyl (C=O) groups is 2. The van der Waals surface area contributed by atoms with Gasteiger partial charge < -0.3 is 10.1 Å². The Morgan fingerprint density at radius 1 is 1.33 bits per heavy atom. The molecule has 2 heterocycles. The van der Waals surface area contributed by atoms with Crippen molar-refractivity contribution in [1.82, 2.24) is 10.2 Å². The quantitative estimate of drug-likeness (QED) is 0.770. The zero-order valence-corrected chi connectivity index (χ0v) is 9.27. The average molecular weight is 243 g/mol. The molecule has 0 radical (unpaired) electrons. The summed E-state index contributed by atoms with van der Waals surface area (Å²) in [5.41, 5.74) is 1.37. The molecular weight excluding hydrogens is 234 g/mol. The number of aromatic amines is 1. The first-order chi connectivity index (χ1) is 8.74. The summed E-state index contributed by atoms with van der Waals surface area (Å²) >= 11 is 0. The van der Waals surface area contributed by atoms with Gasteiger partial charge in [-0.05, 0) is 24.3 Å². The van der Waals surface area contributed by atoms with E-state index in [-0.39, 0.29) is 18.3 Å². The second-order valence-electron chi connectivity index (χ2n) is 3.85. The van der Waals surface area contributed by atoms with E-state index in [2.05, 4.69) is 15.5 Å². The molecule has 1 aliphatic rings. The number of ether oxygens (including phenoxy) is 1. The molecule has 90 valence electrons. The van der Waals surface area contributed by atoms with Crippen LogP contribution in [0.2, 0.25) is 0 Å². The minimum atomic E-state index is -0.228. The van der Waals surface area contributed by atoms with Gasteiger partial charge >= 0.3 is 0 Å². The predicted octanol–water partition coefficient (Wildman–Crippen LogP) is 0.972.